The number of rotatable bonds is 20. The van der Waals surface area contributed by atoms with Crippen LogP contribution in [0.1, 0.15) is 73.1 Å². The van der Waals surface area contributed by atoms with Gasteiger partial charge in [0, 0.05) is 44.5 Å². The molecule has 1 spiro atoms. The Hall–Kier alpha value is -4.22. The molecule has 306 valence electrons. The van der Waals surface area contributed by atoms with E-state index in [1.165, 1.54) is 25.1 Å². The first-order valence-corrected chi connectivity index (χ1v) is 18.9. The number of nitrogens with zero attached hydrogens (tertiary/aromatic N) is 1. The molecule has 0 aromatic carbocycles. The molecule has 2 amide bonds. The van der Waals surface area contributed by atoms with Gasteiger partial charge in [-0.2, -0.15) is 0 Å². The summed E-state index contributed by atoms with van der Waals surface area (Å²) in [7, 11) is 0. The number of ether oxygens (including phenoxy) is 6. The molecule has 1 aromatic heterocycles. The maximum Gasteiger partial charge on any atom is 0.335 e. The van der Waals surface area contributed by atoms with Crippen molar-refractivity contribution in [3.63, 3.8) is 0 Å². The molecule has 0 aliphatic carbocycles. The second-order valence-corrected chi connectivity index (χ2v) is 14.4. The molecule has 4 N–H and O–H groups in total. The summed E-state index contributed by atoms with van der Waals surface area (Å²) in [5.74, 6) is -2.05. The summed E-state index contributed by atoms with van der Waals surface area (Å²) >= 11 is 0. The van der Waals surface area contributed by atoms with Gasteiger partial charge in [0.25, 0.3) is 0 Å². The van der Waals surface area contributed by atoms with Crippen molar-refractivity contribution in [1.29, 1.82) is 0 Å². The van der Waals surface area contributed by atoms with Crippen LogP contribution in [0.4, 0.5) is 0 Å². The first-order chi connectivity index (χ1) is 26.2. The summed E-state index contributed by atoms with van der Waals surface area (Å²) in [5.41, 5.74) is 0.828. The quantitative estimate of drug-likeness (QED) is 0.0495. The number of carbonyl (C=O) groups excluding carboxylic acids is 4. The molecule has 55 heavy (non-hydrogen) atoms. The average Bonchev–Trinajstić information content (AvgIpc) is 3.79. The van der Waals surface area contributed by atoms with Gasteiger partial charge >= 0.3 is 11.9 Å². The van der Waals surface area contributed by atoms with E-state index >= 15 is 0 Å². The third-order valence-corrected chi connectivity index (χ3v) is 9.55. The van der Waals surface area contributed by atoms with E-state index in [1.54, 1.807) is 13.0 Å². The predicted molar refractivity (Wildman–Crippen MR) is 198 cm³/mol. The van der Waals surface area contributed by atoms with Crippen molar-refractivity contribution in [3.05, 3.63) is 48.1 Å². The highest BCUT2D eigenvalue weighted by Gasteiger charge is 2.51. The van der Waals surface area contributed by atoms with Gasteiger partial charge in [0.15, 0.2) is 0 Å². The lowest BCUT2D eigenvalue weighted by Crippen LogP contribution is -2.50. The van der Waals surface area contributed by atoms with Crippen molar-refractivity contribution in [2.24, 2.45) is 5.92 Å². The first kappa shape index (κ1) is 43.5. The minimum Gasteiger partial charge on any atom is -0.492 e. The van der Waals surface area contributed by atoms with Crippen LogP contribution in [0.25, 0.3) is 0 Å². The van der Waals surface area contributed by atoms with Crippen molar-refractivity contribution in [2.45, 2.75) is 115 Å². The van der Waals surface area contributed by atoms with Crippen LogP contribution in [-0.4, -0.2) is 120 Å². The molecule has 16 heteroatoms. The van der Waals surface area contributed by atoms with Gasteiger partial charge in [-0.25, -0.2) is 4.79 Å². The Morgan fingerprint density at radius 1 is 1.02 bits per heavy atom. The second-order valence-electron chi connectivity index (χ2n) is 14.4. The Morgan fingerprint density at radius 3 is 2.42 bits per heavy atom. The number of allylic oxidation sites excluding steroid dienone is 2. The molecule has 3 aliphatic rings. The lowest BCUT2D eigenvalue weighted by Gasteiger charge is -2.39. The molecule has 3 saturated heterocycles. The van der Waals surface area contributed by atoms with Crippen molar-refractivity contribution >= 4 is 23.8 Å². The van der Waals surface area contributed by atoms with Gasteiger partial charge in [-0.05, 0) is 45.6 Å². The third-order valence-electron chi connectivity index (χ3n) is 9.55. The van der Waals surface area contributed by atoms with Crippen molar-refractivity contribution in [2.75, 3.05) is 39.6 Å². The number of amides is 2. The number of esters is 1. The lowest BCUT2D eigenvalue weighted by molar-refractivity contribution is -0.147. The summed E-state index contributed by atoms with van der Waals surface area (Å²) < 4.78 is 34.9. The third kappa shape index (κ3) is 15.1. The molecular weight excluding hydrogens is 718 g/mol. The summed E-state index contributed by atoms with van der Waals surface area (Å²) in [5, 5.41) is 24.9. The molecule has 0 saturated carbocycles. The van der Waals surface area contributed by atoms with Gasteiger partial charge < -0.3 is 54.1 Å². The summed E-state index contributed by atoms with van der Waals surface area (Å²) in [6.07, 6.45) is 11.1. The normalized spacial score (nSPS) is 27.3. The number of nitrogens with one attached hydrogen (secondary N) is 2. The largest absolute Gasteiger partial charge is 0.492 e. The van der Waals surface area contributed by atoms with Crippen LogP contribution in [-0.2, 0) is 47.6 Å². The second kappa shape index (κ2) is 21.2. The van der Waals surface area contributed by atoms with Crippen molar-refractivity contribution in [1.82, 2.24) is 15.4 Å². The van der Waals surface area contributed by atoms with E-state index in [0.717, 1.165) is 24.8 Å². The van der Waals surface area contributed by atoms with Crippen LogP contribution in [0.2, 0.25) is 0 Å². The van der Waals surface area contributed by atoms with E-state index in [1.807, 2.05) is 26.0 Å². The van der Waals surface area contributed by atoms with E-state index < -0.39 is 29.8 Å². The summed E-state index contributed by atoms with van der Waals surface area (Å²) in [6, 6.07) is 2.25. The van der Waals surface area contributed by atoms with Crippen LogP contribution in [0.5, 0.6) is 11.8 Å². The standard InChI is InChI=1S/C39H57N3O13/c1-25(7-10-33-26(2)20-32(28(4)53-33)41-34(44)11-8-27(3)52-29(5)43)6-9-30-22-39(24-51-39)23-31(54-30)21-35(45)40-15-17-50-19-18-49-16-14-38(48)55-42-36(46)12-13-37(42)47/h6-9,11-13,26-28,30-33,46-47H,10,14-24H2,1-5H3,(H,40,45)(H,41,44). The molecule has 4 heterocycles. The Balaban J connectivity index is 1.09. The fraction of sp³-hybridized carbons (Fsp3) is 0.641. The SMILES string of the molecule is CC(=O)OC(C)C=CC(=O)NC1CC(C)C(CC=C(C)C=CC2CC3(CO3)CC(CC(=O)NCCOCCOCCC(=O)On3c(O)ccc3O)O2)OC1C. The van der Waals surface area contributed by atoms with E-state index in [0.29, 0.717) is 24.3 Å². The van der Waals surface area contributed by atoms with Gasteiger partial charge in [-0.15, -0.1) is 4.73 Å². The summed E-state index contributed by atoms with van der Waals surface area (Å²) in [4.78, 5) is 52.9. The zero-order valence-corrected chi connectivity index (χ0v) is 32.4. The average molecular weight is 776 g/mol. The lowest BCUT2D eigenvalue weighted by atomic mass is 9.88. The van der Waals surface area contributed by atoms with E-state index in [-0.39, 0.29) is 93.1 Å². The molecule has 3 fully saturated rings. The Bertz CT molecular complexity index is 1510. The molecule has 8 atom stereocenters. The van der Waals surface area contributed by atoms with E-state index in [2.05, 4.69) is 23.6 Å². The molecule has 4 rings (SSSR count). The van der Waals surface area contributed by atoms with Crippen LogP contribution in [0.15, 0.2) is 48.1 Å². The molecule has 1 aromatic rings. The number of hydrogen-bond donors (Lipinski definition) is 4. The van der Waals surface area contributed by atoms with Gasteiger partial charge in [0.1, 0.15) is 6.10 Å². The molecule has 0 radical (unpaired) electrons. The number of aromatic nitrogens is 1. The molecular formula is C39H57N3O13. The topological polar surface area (TPSA) is 206 Å². The zero-order chi connectivity index (χ0) is 40.0. The summed E-state index contributed by atoms with van der Waals surface area (Å²) in [6.45, 7) is 11.0. The molecule has 8 unspecified atom stereocenters. The highest BCUT2D eigenvalue weighted by Crippen LogP contribution is 2.43. The number of aromatic hydroxyl groups is 2. The van der Waals surface area contributed by atoms with Crippen LogP contribution < -0.4 is 15.5 Å². The molecule has 16 nitrogen and oxygen atoms in total. The van der Waals surface area contributed by atoms with Crippen LogP contribution in [0.3, 0.4) is 0 Å². The zero-order valence-electron chi connectivity index (χ0n) is 32.4. The van der Waals surface area contributed by atoms with Crippen molar-refractivity contribution in [3.8, 4) is 11.8 Å². The monoisotopic (exact) mass is 775 g/mol. The minimum absolute atomic E-state index is 0.00933. The highest BCUT2D eigenvalue weighted by atomic mass is 16.7. The maximum atomic E-state index is 12.7. The fourth-order valence-corrected chi connectivity index (χ4v) is 6.54. The fourth-order valence-electron chi connectivity index (χ4n) is 6.54. The smallest absolute Gasteiger partial charge is 0.335 e. The minimum atomic E-state index is -0.687. The predicted octanol–water partition coefficient (Wildman–Crippen LogP) is 2.80. The molecule has 0 bridgehead atoms. The highest BCUT2D eigenvalue weighted by molar-refractivity contribution is 5.87. The van der Waals surface area contributed by atoms with Crippen molar-refractivity contribution < 1.29 is 62.6 Å². The number of hydrogen-bond acceptors (Lipinski definition) is 13. The maximum absolute atomic E-state index is 12.7. The number of epoxide rings is 1. The van der Waals surface area contributed by atoms with Crippen LogP contribution in [0, 0.1) is 5.92 Å². The van der Waals surface area contributed by atoms with Gasteiger partial charge in [-0.1, -0.05) is 30.7 Å². The first-order valence-electron chi connectivity index (χ1n) is 18.9. The Morgan fingerprint density at radius 2 is 1.73 bits per heavy atom. The van der Waals surface area contributed by atoms with Gasteiger partial charge in [-0.3, -0.25) is 14.4 Å². The Kier molecular flexibility index (Phi) is 16.8. The van der Waals surface area contributed by atoms with Gasteiger partial charge in [0.2, 0.25) is 23.6 Å². The van der Waals surface area contributed by atoms with E-state index in [4.69, 9.17) is 33.3 Å². The van der Waals surface area contributed by atoms with E-state index in [9.17, 15) is 29.4 Å². The molecule has 3 aliphatic heterocycles. The Labute approximate surface area is 322 Å². The van der Waals surface area contributed by atoms with Crippen LogP contribution >= 0.6 is 0 Å². The number of carbonyl (C=O) groups is 4. The van der Waals surface area contributed by atoms with Gasteiger partial charge in [0.05, 0.1) is 81.9 Å².